The Labute approximate surface area is 190 Å². The molecule has 0 fully saturated rings. The van der Waals surface area contributed by atoms with Crippen LogP contribution in [0.25, 0.3) is 0 Å². The number of nitrogens with two attached hydrogens (primary N) is 1. The molecule has 8 nitrogen and oxygen atoms in total. The summed E-state index contributed by atoms with van der Waals surface area (Å²) in [6, 6.07) is 9.73. The van der Waals surface area contributed by atoms with Crippen molar-refractivity contribution in [3.05, 3.63) is 69.9 Å². The first-order valence-electron chi connectivity index (χ1n) is 9.18. The van der Waals surface area contributed by atoms with Crippen LogP contribution in [0.2, 0.25) is 5.02 Å². The van der Waals surface area contributed by atoms with E-state index in [4.69, 9.17) is 26.8 Å². The van der Waals surface area contributed by atoms with Crippen LogP contribution in [0.3, 0.4) is 0 Å². The molecule has 33 heavy (non-hydrogen) atoms. The maximum absolute atomic E-state index is 13.4. The fourth-order valence-electron chi connectivity index (χ4n) is 2.85. The molecule has 0 atom stereocenters. The van der Waals surface area contributed by atoms with E-state index >= 15 is 0 Å². The van der Waals surface area contributed by atoms with Crippen LogP contribution in [-0.2, 0) is 6.18 Å². The molecule has 0 saturated heterocycles. The van der Waals surface area contributed by atoms with Crippen molar-refractivity contribution in [2.75, 3.05) is 12.4 Å². The first kappa shape index (κ1) is 23.8. The molecule has 172 valence electrons. The number of ether oxygens (including phenoxy) is 2. The van der Waals surface area contributed by atoms with Gasteiger partial charge >= 0.3 is 6.18 Å². The van der Waals surface area contributed by atoms with Gasteiger partial charge in [0, 0.05) is 22.3 Å². The van der Waals surface area contributed by atoms with E-state index in [2.05, 4.69) is 15.5 Å². The number of aromatic nitrogens is 2. The summed E-state index contributed by atoms with van der Waals surface area (Å²) in [7, 11) is 1.34. The van der Waals surface area contributed by atoms with E-state index in [9.17, 15) is 22.8 Å². The fourth-order valence-corrected chi connectivity index (χ4v) is 3.01. The summed E-state index contributed by atoms with van der Waals surface area (Å²) >= 11 is 5.92. The minimum Gasteiger partial charge on any atom is -0.493 e. The number of carbonyl (C=O) groups is 2. The van der Waals surface area contributed by atoms with Gasteiger partial charge in [-0.2, -0.15) is 13.2 Å². The summed E-state index contributed by atoms with van der Waals surface area (Å²) in [5.41, 5.74) is 3.24. The lowest BCUT2D eigenvalue weighted by molar-refractivity contribution is -0.142. The van der Waals surface area contributed by atoms with Crippen LogP contribution in [-0.4, -0.2) is 29.1 Å². The molecule has 0 bridgehead atoms. The molecule has 1 heterocycles. The van der Waals surface area contributed by atoms with Gasteiger partial charge in [0.2, 0.25) is 5.91 Å². The van der Waals surface area contributed by atoms with Crippen molar-refractivity contribution >= 4 is 29.1 Å². The summed E-state index contributed by atoms with van der Waals surface area (Å²) in [6.45, 7) is 1.08. The lowest BCUT2D eigenvalue weighted by atomic mass is 10.1. The topological polar surface area (TPSA) is 116 Å². The lowest BCUT2D eigenvalue weighted by Crippen LogP contribution is -2.21. The molecular formula is C21H16ClF3N4O4. The van der Waals surface area contributed by atoms with Crippen molar-refractivity contribution in [3.8, 4) is 17.4 Å². The number of hydrogen-bond donors (Lipinski definition) is 2. The molecule has 12 heteroatoms. The highest BCUT2D eigenvalue weighted by Crippen LogP contribution is 2.38. The van der Waals surface area contributed by atoms with Gasteiger partial charge in [-0.15, -0.1) is 10.2 Å². The zero-order valence-electron chi connectivity index (χ0n) is 17.2. The molecule has 0 unspecified atom stereocenters. The van der Waals surface area contributed by atoms with Gasteiger partial charge in [-0.1, -0.05) is 11.6 Å². The second-order valence-corrected chi connectivity index (χ2v) is 7.08. The van der Waals surface area contributed by atoms with Gasteiger partial charge in [-0.25, -0.2) is 0 Å². The quantitative estimate of drug-likeness (QED) is 0.532. The maximum atomic E-state index is 13.4. The molecule has 2 aromatic carbocycles. The van der Waals surface area contributed by atoms with Crippen molar-refractivity contribution in [1.82, 2.24) is 10.2 Å². The Balaban J connectivity index is 2.05. The van der Waals surface area contributed by atoms with Crippen LogP contribution >= 0.6 is 11.6 Å². The number of amides is 2. The molecule has 2 amide bonds. The smallest absolute Gasteiger partial charge is 0.435 e. The summed E-state index contributed by atoms with van der Waals surface area (Å²) in [6.07, 6.45) is -4.86. The van der Waals surface area contributed by atoms with E-state index in [0.29, 0.717) is 5.02 Å². The SMILES string of the molecule is COc1cc(Cl)ccc1Oc1nnc(C(F)(F)F)c(C)c1C(=O)Nc1ccc(C(N)=O)cc1. The number of primary amides is 1. The zero-order valence-corrected chi connectivity index (χ0v) is 17.9. The molecular weight excluding hydrogens is 465 g/mol. The molecule has 0 aliphatic carbocycles. The number of halogens is 4. The summed E-state index contributed by atoms with van der Waals surface area (Å²) in [4.78, 5) is 24.2. The monoisotopic (exact) mass is 480 g/mol. The van der Waals surface area contributed by atoms with Gasteiger partial charge < -0.3 is 20.5 Å². The number of benzene rings is 2. The average Bonchev–Trinajstić information content (AvgIpc) is 2.74. The summed E-state index contributed by atoms with van der Waals surface area (Å²) < 4.78 is 51.0. The second kappa shape index (κ2) is 9.33. The Bertz CT molecular complexity index is 1220. The number of rotatable bonds is 6. The largest absolute Gasteiger partial charge is 0.493 e. The Morgan fingerprint density at radius 2 is 1.73 bits per heavy atom. The number of carbonyl (C=O) groups excluding carboxylic acids is 2. The van der Waals surface area contributed by atoms with Gasteiger partial charge in [0.1, 0.15) is 5.56 Å². The third kappa shape index (κ3) is 5.32. The number of nitrogens with one attached hydrogen (secondary N) is 1. The van der Waals surface area contributed by atoms with E-state index in [0.717, 1.165) is 6.92 Å². The molecule has 0 saturated carbocycles. The van der Waals surface area contributed by atoms with Crippen molar-refractivity contribution in [2.45, 2.75) is 13.1 Å². The van der Waals surface area contributed by atoms with Crippen LogP contribution in [0.5, 0.6) is 17.4 Å². The van der Waals surface area contributed by atoms with Gasteiger partial charge in [-0.05, 0) is 48.9 Å². The van der Waals surface area contributed by atoms with Crippen molar-refractivity contribution < 1.29 is 32.2 Å². The number of hydrogen-bond acceptors (Lipinski definition) is 6. The van der Waals surface area contributed by atoms with Crippen molar-refractivity contribution in [3.63, 3.8) is 0 Å². The van der Waals surface area contributed by atoms with Crippen LogP contribution in [0.1, 0.15) is 32.0 Å². The molecule has 3 rings (SSSR count). The first-order chi connectivity index (χ1) is 15.5. The standard InChI is InChI=1S/C21H16ClF3N4O4/c1-10-16(19(31)27-13-6-3-11(4-7-13)18(26)30)20(29-28-17(10)21(23,24)25)33-14-8-5-12(22)9-15(14)32-2/h3-9H,1-2H3,(H2,26,30)(H,27,31). The maximum Gasteiger partial charge on any atom is 0.435 e. The van der Waals surface area contributed by atoms with Crippen LogP contribution in [0.4, 0.5) is 18.9 Å². The molecule has 0 radical (unpaired) electrons. The fraction of sp³-hybridized carbons (Fsp3) is 0.143. The third-order valence-corrected chi connectivity index (χ3v) is 4.68. The first-order valence-corrected chi connectivity index (χ1v) is 9.56. The van der Waals surface area contributed by atoms with E-state index in [-0.39, 0.29) is 22.7 Å². The van der Waals surface area contributed by atoms with Gasteiger partial charge in [0.25, 0.3) is 11.8 Å². The minimum atomic E-state index is -4.86. The number of nitrogens with zero attached hydrogens (tertiary/aromatic N) is 2. The van der Waals surface area contributed by atoms with E-state index in [1.165, 1.54) is 49.6 Å². The predicted molar refractivity (Wildman–Crippen MR) is 113 cm³/mol. The lowest BCUT2D eigenvalue weighted by Gasteiger charge is -2.17. The van der Waals surface area contributed by atoms with Crippen LogP contribution in [0, 0.1) is 6.92 Å². The van der Waals surface area contributed by atoms with Gasteiger partial charge in [-0.3, -0.25) is 9.59 Å². The van der Waals surface area contributed by atoms with Crippen molar-refractivity contribution in [2.24, 2.45) is 5.73 Å². The molecule has 1 aromatic heterocycles. The molecule has 0 spiro atoms. The van der Waals surface area contributed by atoms with E-state index in [1.54, 1.807) is 0 Å². The van der Waals surface area contributed by atoms with Gasteiger partial charge in [0.05, 0.1) is 7.11 Å². The highest BCUT2D eigenvalue weighted by atomic mass is 35.5. The van der Waals surface area contributed by atoms with Crippen molar-refractivity contribution in [1.29, 1.82) is 0 Å². The van der Waals surface area contributed by atoms with E-state index < -0.39 is 40.7 Å². The van der Waals surface area contributed by atoms with Gasteiger partial charge in [0.15, 0.2) is 17.2 Å². The van der Waals surface area contributed by atoms with Crippen LogP contribution in [0.15, 0.2) is 42.5 Å². The zero-order chi connectivity index (χ0) is 24.3. The van der Waals surface area contributed by atoms with E-state index in [1.807, 2.05) is 0 Å². The number of methoxy groups -OCH3 is 1. The third-order valence-electron chi connectivity index (χ3n) is 4.44. The Morgan fingerprint density at radius 1 is 1.06 bits per heavy atom. The molecule has 3 N–H and O–H groups in total. The molecule has 0 aliphatic rings. The summed E-state index contributed by atoms with van der Waals surface area (Å²) in [5, 5.41) is 9.47. The number of anilines is 1. The predicted octanol–water partition coefficient (Wildman–Crippen LogP) is 4.61. The highest BCUT2D eigenvalue weighted by molar-refractivity contribution is 6.30. The Morgan fingerprint density at radius 3 is 2.30 bits per heavy atom. The molecule has 0 aliphatic heterocycles. The minimum absolute atomic E-state index is 0.0511. The average molecular weight is 481 g/mol. The Hall–Kier alpha value is -3.86. The second-order valence-electron chi connectivity index (χ2n) is 6.64. The summed E-state index contributed by atoms with van der Waals surface area (Å²) in [5.74, 6) is -1.88. The Kier molecular flexibility index (Phi) is 6.73. The number of alkyl halides is 3. The normalized spacial score (nSPS) is 11.1. The highest BCUT2D eigenvalue weighted by Gasteiger charge is 2.38. The van der Waals surface area contributed by atoms with Crippen LogP contribution < -0.4 is 20.5 Å². The molecule has 3 aromatic rings.